The Morgan fingerprint density at radius 2 is 1.73 bits per heavy atom. The van der Waals surface area contributed by atoms with Crippen LogP contribution in [-0.4, -0.2) is 13.1 Å². The summed E-state index contributed by atoms with van der Waals surface area (Å²) in [6.45, 7) is 0. The maximum Gasteiger partial charge on any atom is 0.347 e. The summed E-state index contributed by atoms with van der Waals surface area (Å²) in [7, 11) is 1.17. The first-order chi connectivity index (χ1) is 6.91. The molecule has 0 saturated heterocycles. The highest BCUT2D eigenvalue weighted by molar-refractivity contribution is 6.58. The van der Waals surface area contributed by atoms with Gasteiger partial charge in [0.2, 0.25) is 4.33 Å². The topological polar surface area (TPSA) is 26.3 Å². The van der Waals surface area contributed by atoms with E-state index in [4.69, 9.17) is 46.4 Å². The number of carbonyl (C=O) groups excluding carboxylic acids is 1. The predicted octanol–water partition coefficient (Wildman–Crippen LogP) is 3.80. The number of carbonyl (C=O) groups is 1. The minimum Gasteiger partial charge on any atom is -0.467 e. The highest BCUT2D eigenvalue weighted by Crippen LogP contribution is 2.42. The zero-order chi connectivity index (χ0) is 11.6. The van der Waals surface area contributed by atoms with Crippen LogP contribution in [0.2, 0.25) is 10.0 Å². The third kappa shape index (κ3) is 2.51. The SMILES string of the molecule is COC(=O)C(Cl)(Cl)c1c(Cl)cccc1Cl. The lowest BCUT2D eigenvalue weighted by molar-refractivity contribution is -0.141. The molecule has 2 nitrogen and oxygen atoms in total. The molecule has 0 atom stereocenters. The van der Waals surface area contributed by atoms with Crippen LogP contribution in [0.1, 0.15) is 5.56 Å². The molecule has 0 N–H and O–H groups in total. The first-order valence-electron chi connectivity index (χ1n) is 3.82. The summed E-state index contributed by atoms with van der Waals surface area (Å²) >= 11 is 23.4. The third-order valence-corrected chi connectivity index (χ3v) is 3.04. The van der Waals surface area contributed by atoms with Gasteiger partial charge in [-0.1, -0.05) is 52.5 Å². The number of hydrogen-bond acceptors (Lipinski definition) is 2. The van der Waals surface area contributed by atoms with Gasteiger partial charge >= 0.3 is 5.97 Å². The average molecular weight is 288 g/mol. The second kappa shape index (κ2) is 4.79. The zero-order valence-corrected chi connectivity index (χ0v) is 10.6. The standard InChI is InChI=1S/C9H6Cl4O2/c1-15-8(14)9(12,13)7-5(10)3-2-4-6(7)11/h2-4H,1H3. The van der Waals surface area contributed by atoms with Crippen molar-refractivity contribution in [2.75, 3.05) is 7.11 Å². The quantitative estimate of drug-likeness (QED) is 0.611. The summed E-state index contributed by atoms with van der Waals surface area (Å²) < 4.78 is 2.56. The lowest BCUT2D eigenvalue weighted by Crippen LogP contribution is -2.25. The van der Waals surface area contributed by atoms with Gasteiger partial charge in [-0.2, -0.15) is 0 Å². The minimum absolute atomic E-state index is 0.128. The number of alkyl halides is 2. The Kier molecular flexibility index (Phi) is 4.13. The van der Waals surface area contributed by atoms with Crippen LogP contribution in [0.25, 0.3) is 0 Å². The highest BCUT2D eigenvalue weighted by atomic mass is 35.5. The molecule has 82 valence electrons. The fraction of sp³-hybridized carbons (Fsp3) is 0.222. The maximum atomic E-state index is 11.3. The molecule has 0 fully saturated rings. The van der Waals surface area contributed by atoms with Gasteiger partial charge in [-0.25, -0.2) is 4.79 Å². The van der Waals surface area contributed by atoms with Crippen LogP contribution in [0.5, 0.6) is 0 Å². The smallest absolute Gasteiger partial charge is 0.347 e. The molecule has 1 rings (SSSR count). The molecule has 1 aromatic rings. The Balaban J connectivity index is 3.32. The summed E-state index contributed by atoms with van der Waals surface area (Å²) in [5, 5.41) is 0.413. The molecule has 1 aromatic carbocycles. The van der Waals surface area contributed by atoms with Crippen molar-refractivity contribution in [1.82, 2.24) is 0 Å². The van der Waals surface area contributed by atoms with E-state index in [2.05, 4.69) is 4.74 Å². The molecule has 0 spiro atoms. The van der Waals surface area contributed by atoms with E-state index in [0.29, 0.717) is 0 Å². The van der Waals surface area contributed by atoms with E-state index in [0.717, 1.165) is 0 Å². The molecule has 0 aliphatic rings. The van der Waals surface area contributed by atoms with Crippen molar-refractivity contribution < 1.29 is 9.53 Å². The van der Waals surface area contributed by atoms with Crippen molar-refractivity contribution in [3.8, 4) is 0 Å². The number of benzene rings is 1. The summed E-state index contributed by atoms with van der Waals surface area (Å²) in [5.74, 6) is -0.833. The van der Waals surface area contributed by atoms with E-state index in [1.165, 1.54) is 19.2 Å². The van der Waals surface area contributed by atoms with Crippen molar-refractivity contribution in [2.45, 2.75) is 4.33 Å². The van der Waals surface area contributed by atoms with E-state index >= 15 is 0 Å². The number of methoxy groups -OCH3 is 1. The normalized spacial score (nSPS) is 11.3. The van der Waals surface area contributed by atoms with Gasteiger partial charge in [-0.05, 0) is 12.1 Å². The second-order valence-corrected chi connectivity index (χ2v) is 4.80. The van der Waals surface area contributed by atoms with Crippen LogP contribution < -0.4 is 0 Å². The molecule has 0 aliphatic heterocycles. The average Bonchev–Trinajstić information content (AvgIpc) is 2.15. The van der Waals surface area contributed by atoms with Gasteiger partial charge in [0.05, 0.1) is 7.11 Å². The zero-order valence-electron chi connectivity index (χ0n) is 7.56. The lowest BCUT2D eigenvalue weighted by Gasteiger charge is -2.19. The van der Waals surface area contributed by atoms with Gasteiger partial charge in [0.25, 0.3) is 0 Å². The molecule has 0 bridgehead atoms. The van der Waals surface area contributed by atoms with Crippen molar-refractivity contribution in [2.24, 2.45) is 0 Å². The molecule has 0 amide bonds. The van der Waals surface area contributed by atoms with Crippen molar-refractivity contribution in [1.29, 1.82) is 0 Å². The number of halogens is 4. The molecule has 0 saturated carbocycles. The van der Waals surface area contributed by atoms with Crippen LogP contribution in [0.15, 0.2) is 18.2 Å². The van der Waals surface area contributed by atoms with Crippen LogP contribution in [0.3, 0.4) is 0 Å². The van der Waals surface area contributed by atoms with Gasteiger partial charge in [0, 0.05) is 15.6 Å². The van der Waals surface area contributed by atoms with Crippen LogP contribution >= 0.6 is 46.4 Å². The summed E-state index contributed by atoms with van der Waals surface area (Å²) in [5.41, 5.74) is 0.128. The van der Waals surface area contributed by atoms with E-state index in [1.807, 2.05) is 0 Å². The highest BCUT2D eigenvalue weighted by Gasteiger charge is 2.40. The Morgan fingerprint density at radius 1 is 1.27 bits per heavy atom. The van der Waals surface area contributed by atoms with Crippen molar-refractivity contribution in [3.63, 3.8) is 0 Å². The molecule has 0 aromatic heterocycles. The van der Waals surface area contributed by atoms with Crippen LogP contribution in [0.4, 0.5) is 0 Å². The van der Waals surface area contributed by atoms with Gasteiger partial charge in [-0.15, -0.1) is 0 Å². The summed E-state index contributed by atoms with van der Waals surface area (Å²) in [6.07, 6.45) is 0. The molecule has 0 heterocycles. The Labute approximate surface area is 107 Å². The van der Waals surface area contributed by atoms with E-state index in [9.17, 15) is 4.79 Å². The van der Waals surface area contributed by atoms with E-state index < -0.39 is 10.3 Å². The second-order valence-electron chi connectivity index (χ2n) is 2.66. The first kappa shape index (κ1) is 12.9. The monoisotopic (exact) mass is 286 g/mol. The van der Waals surface area contributed by atoms with Crippen molar-refractivity contribution in [3.05, 3.63) is 33.8 Å². The Bertz CT molecular complexity index is 369. The summed E-state index contributed by atoms with van der Waals surface area (Å²) in [4.78, 5) is 11.3. The minimum atomic E-state index is -1.90. The number of rotatable bonds is 2. The van der Waals surface area contributed by atoms with Gasteiger partial charge in [0.1, 0.15) is 0 Å². The van der Waals surface area contributed by atoms with Gasteiger partial charge in [0.15, 0.2) is 0 Å². The molecule has 15 heavy (non-hydrogen) atoms. The molecule has 6 heteroatoms. The van der Waals surface area contributed by atoms with E-state index in [-0.39, 0.29) is 15.6 Å². The largest absolute Gasteiger partial charge is 0.467 e. The maximum absolute atomic E-state index is 11.3. The predicted molar refractivity (Wildman–Crippen MR) is 61.9 cm³/mol. The Morgan fingerprint density at radius 3 is 2.13 bits per heavy atom. The molecule has 0 aliphatic carbocycles. The molecular formula is C9H6Cl4O2. The summed E-state index contributed by atoms with van der Waals surface area (Å²) in [6, 6.07) is 4.69. The number of esters is 1. The fourth-order valence-electron chi connectivity index (χ4n) is 1.03. The Hall–Kier alpha value is -0.150. The molecule has 0 radical (unpaired) electrons. The lowest BCUT2D eigenvalue weighted by atomic mass is 10.1. The number of hydrogen-bond donors (Lipinski definition) is 0. The van der Waals surface area contributed by atoms with E-state index in [1.54, 1.807) is 6.07 Å². The van der Waals surface area contributed by atoms with Crippen LogP contribution in [-0.2, 0) is 13.9 Å². The molecule has 0 unspecified atom stereocenters. The first-order valence-corrected chi connectivity index (χ1v) is 5.33. The number of ether oxygens (including phenoxy) is 1. The third-order valence-electron chi connectivity index (χ3n) is 1.72. The van der Waals surface area contributed by atoms with Crippen LogP contribution in [0, 0.1) is 0 Å². The van der Waals surface area contributed by atoms with Crippen molar-refractivity contribution >= 4 is 52.4 Å². The van der Waals surface area contributed by atoms with Gasteiger partial charge in [-0.3, -0.25) is 0 Å². The molecular weight excluding hydrogens is 282 g/mol. The van der Waals surface area contributed by atoms with Gasteiger partial charge < -0.3 is 4.74 Å². The fourth-order valence-corrected chi connectivity index (χ4v) is 2.46.